The molecule has 7 nitrogen and oxygen atoms in total. The van der Waals surface area contributed by atoms with Crippen LogP contribution < -0.4 is 10.9 Å². The van der Waals surface area contributed by atoms with Gasteiger partial charge < -0.3 is 9.88 Å². The van der Waals surface area contributed by atoms with E-state index >= 15 is 8.78 Å². The minimum absolute atomic E-state index is 0.0607. The maximum atomic E-state index is 16.2. The zero-order valence-electron chi connectivity index (χ0n) is 21.1. The maximum Gasteiger partial charge on any atom is 0.278 e. The van der Waals surface area contributed by atoms with Crippen molar-refractivity contribution in [2.75, 3.05) is 0 Å². The molecule has 1 amide bonds. The van der Waals surface area contributed by atoms with E-state index in [1.54, 1.807) is 36.7 Å². The quantitative estimate of drug-likeness (QED) is 0.413. The molecule has 2 fully saturated rings. The average Bonchev–Trinajstić information content (AvgIpc) is 3.62. The summed E-state index contributed by atoms with van der Waals surface area (Å²) in [4.78, 5) is 29.2. The highest BCUT2D eigenvalue weighted by Crippen LogP contribution is 2.43. The first kappa shape index (κ1) is 23.8. The number of halogens is 2. The van der Waals surface area contributed by atoms with Gasteiger partial charge in [0.2, 0.25) is 5.91 Å². The van der Waals surface area contributed by atoms with Crippen molar-refractivity contribution in [1.82, 2.24) is 24.6 Å². The van der Waals surface area contributed by atoms with E-state index in [-0.39, 0.29) is 40.7 Å². The first-order valence-corrected chi connectivity index (χ1v) is 12.9. The Labute approximate surface area is 212 Å². The lowest BCUT2D eigenvalue weighted by Gasteiger charge is -2.28. The second-order valence-electron chi connectivity index (χ2n) is 10.6. The van der Waals surface area contributed by atoms with Crippen molar-refractivity contribution in [3.8, 4) is 22.4 Å². The number of hydrogen-bond donors (Lipinski definition) is 1. The summed E-state index contributed by atoms with van der Waals surface area (Å²) in [5, 5.41) is 7.90. The lowest BCUT2D eigenvalue weighted by Crippen LogP contribution is -2.37. The molecule has 0 saturated heterocycles. The van der Waals surface area contributed by atoms with Crippen LogP contribution in [0.2, 0.25) is 0 Å². The van der Waals surface area contributed by atoms with Crippen molar-refractivity contribution in [3.05, 3.63) is 57.8 Å². The van der Waals surface area contributed by atoms with E-state index in [4.69, 9.17) is 0 Å². The summed E-state index contributed by atoms with van der Waals surface area (Å²) < 4.78 is 35.1. The zero-order valence-corrected chi connectivity index (χ0v) is 21.1. The molecule has 1 N–H and O–H groups in total. The Morgan fingerprint density at radius 3 is 2.27 bits per heavy atom. The Morgan fingerprint density at radius 1 is 1.00 bits per heavy atom. The maximum absolute atomic E-state index is 16.2. The molecule has 3 heterocycles. The molecule has 1 aromatic heterocycles. The molecule has 192 valence electrons. The second-order valence-corrected chi connectivity index (χ2v) is 10.6. The van der Waals surface area contributed by atoms with Gasteiger partial charge in [0.1, 0.15) is 11.5 Å². The number of nitrogens with one attached hydrogen (secondary N) is 1. The molecular weight excluding hydrogens is 476 g/mol. The number of amides is 1. The van der Waals surface area contributed by atoms with Crippen LogP contribution in [0.3, 0.4) is 0 Å². The number of rotatable bonds is 4. The Balaban J connectivity index is 1.51. The lowest BCUT2D eigenvalue weighted by atomic mass is 9.91. The van der Waals surface area contributed by atoms with Crippen molar-refractivity contribution in [3.63, 3.8) is 0 Å². The van der Waals surface area contributed by atoms with E-state index in [0.29, 0.717) is 46.4 Å². The molecule has 2 aliphatic heterocycles. The molecule has 2 saturated carbocycles. The summed E-state index contributed by atoms with van der Waals surface area (Å²) >= 11 is 0. The molecule has 0 atom stereocenters. The fourth-order valence-electron chi connectivity index (χ4n) is 5.88. The van der Waals surface area contributed by atoms with Crippen LogP contribution in [-0.4, -0.2) is 31.3 Å². The first-order chi connectivity index (χ1) is 17.7. The van der Waals surface area contributed by atoms with Gasteiger partial charge in [0.15, 0.2) is 5.82 Å². The van der Waals surface area contributed by atoms with Gasteiger partial charge in [-0.3, -0.25) is 14.6 Å². The van der Waals surface area contributed by atoms with Crippen LogP contribution in [-0.2, 0) is 4.79 Å². The first-order valence-electron chi connectivity index (χ1n) is 12.9. The minimum atomic E-state index is -0.692. The van der Waals surface area contributed by atoms with Crippen LogP contribution in [0.5, 0.6) is 0 Å². The van der Waals surface area contributed by atoms with Crippen LogP contribution in [0.4, 0.5) is 8.78 Å². The molecule has 37 heavy (non-hydrogen) atoms. The third-order valence-corrected chi connectivity index (χ3v) is 7.64. The molecular formula is C28H29F2N5O2. The largest absolute Gasteiger partial charge is 0.354 e. The molecule has 6 rings (SSSR count). The normalized spacial score (nSPS) is 20.0. The predicted octanol–water partition coefficient (Wildman–Crippen LogP) is 5.21. The average molecular weight is 506 g/mol. The van der Waals surface area contributed by atoms with E-state index in [0.717, 1.165) is 25.7 Å². The third-order valence-electron chi connectivity index (χ3n) is 7.64. The molecule has 1 aromatic carbocycles. The van der Waals surface area contributed by atoms with Crippen LogP contribution in [0.1, 0.15) is 68.9 Å². The van der Waals surface area contributed by atoms with Gasteiger partial charge in [0.25, 0.3) is 5.56 Å². The standard InChI is InChI=1S/C28H29F2N5O2/c1-14-10-17(11-15(2)31-14)24-23(29)12-21-26-22(13-34(19-8-9-19)27(21)25(24)30)28(37)35(33-26)20-6-4-18(5-7-20)32-16(3)36/h10-13,18-20H,4-9H2,1-3H3,(H,32,36). The smallest absolute Gasteiger partial charge is 0.278 e. The highest BCUT2D eigenvalue weighted by Gasteiger charge is 2.33. The van der Waals surface area contributed by atoms with Crippen molar-refractivity contribution < 1.29 is 13.6 Å². The van der Waals surface area contributed by atoms with Crippen molar-refractivity contribution >= 4 is 16.8 Å². The van der Waals surface area contributed by atoms with Crippen LogP contribution >= 0.6 is 0 Å². The lowest BCUT2D eigenvalue weighted by molar-refractivity contribution is -0.119. The van der Waals surface area contributed by atoms with Crippen LogP contribution in [0.25, 0.3) is 33.3 Å². The number of carbonyl (C=O) groups is 1. The molecule has 0 bridgehead atoms. The van der Waals surface area contributed by atoms with Gasteiger partial charge in [0.05, 0.1) is 22.7 Å². The highest BCUT2D eigenvalue weighted by molar-refractivity contribution is 5.97. The van der Waals surface area contributed by atoms with Gasteiger partial charge in [0, 0.05) is 42.0 Å². The molecule has 0 radical (unpaired) electrons. The number of pyridine rings is 2. The van der Waals surface area contributed by atoms with Gasteiger partial charge in [-0.15, -0.1) is 0 Å². The molecule has 9 heteroatoms. The topological polar surface area (TPSA) is 81.8 Å². The van der Waals surface area contributed by atoms with E-state index in [1.807, 2.05) is 0 Å². The van der Waals surface area contributed by atoms with Gasteiger partial charge >= 0.3 is 0 Å². The van der Waals surface area contributed by atoms with E-state index < -0.39 is 11.6 Å². The molecule has 0 spiro atoms. The molecule has 0 unspecified atom stereocenters. The van der Waals surface area contributed by atoms with E-state index in [2.05, 4.69) is 15.4 Å². The SMILES string of the molecule is CC(=O)NC1CCC(n2nc3c4cc(F)c(-c5cc(C)nc(C)c5)c(F)c4n(C4CC4)cc-3c2=O)CC1. The second kappa shape index (κ2) is 8.75. The highest BCUT2D eigenvalue weighted by atomic mass is 19.1. The molecule has 2 aromatic rings. The summed E-state index contributed by atoms with van der Waals surface area (Å²) in [5.74, 6) is -1.40. The van der Waals surface area contributed by atoms with Gasteiger partial charge in [-0.05, 0) is 76.1 Å². The molecule has 2 aliphatic carbocycles. The third kappa shape index (κ3) is 4.10. The monoisotopic (exact) mass is 505 g/mol. The minimum Gasteiger partial charge on any atom is -0.354 e. The fraction of sp³-hybridized carbons (Fsp3) is 0.429. The van der Waals surface area contributed by atoms with Crippen LogP contribution in [0.15, 0.2) is 29.2 Å². The number of nitrogens with zero attached hydrogens (tertiary/aromatic N) is 4. The van der Waals surface area contributed by atoms with E-state index in [1.165, 1.54) is 17.7 Å². The molecule has 4 aliphatic rings. The fourth-order valence-corrected chi connectivity index (χ4v) is 5.88. The summed E-state index contributed by atoms with van der Waals surface area (Å²) in [5.41, 5.74) is 2.46. The van der Waals surface area contributed by atoms with Gasteiger partial charge in [-0.25, -0.2) is 13.5 Å². The number of hydrogen-bond acceptors (Lipinski definition) is 4. The summed E-state index contributed by atoms with van der Waals surface area (Å²) in [6.07, 6.45) is 6.35. The predicted molar refractivity (Wildman–Crippen MR) is 137 cm³/mol. The number of carbonyl (C=O) groups excluding carboxylic acids is 1. The Hall–Kier alpha value is -3.62. The van der Waals surface area contributed by atoms with Crippen LogP contribution in [0, 0.1) is 25.5 Å². The number of aromatic nitrogens is 4. The Bertz CT molecular complexity index is 1560. The number of fused-ring (bicyclic) bond motifs is 3. The Morgan fingerprint density at radius 2 is 1.65 bits per heavy atom. The number of benzene rings is 1. The van der Waals surface area contributed by atoms with Crippen molar-refractivity contribution in [2.45, 2.75) is 77.4 Å². The Kier molecular flexibility index (Phi) is 5.62. The zero-order chi connectivity index (χ0) is 26.0. The van der Waals surface area contributed by atoms with E-state index in [9.17, 15) is 9.59 Å². The summed E-state index contributed by atoms with van der Waals surface area (Å²) in [6.45, 7) is 5.10. The van der Waals surface area contributed by atoms with Gasteiger partial charge in [-0.1, -0.05) is 0 Å². The van der Waals surface area contributed by atoms with Crippen molar-refractivity contribution in [2.24, 2.45) is 0 Å². The number of aryl methyl sites for hydroxylation is 2. The van der Waals surface area contributed by atoms with Gasteiger partial charge in [-0.2, -0.15) is 5.10 Å². The summed E-state index contributed by atoms with van der Waals surface area (Å²) in [7, 11) is 0. The van der Waals surface area contributed by atoms with Crippen molar-refractivity contribution in [1.29, 1.82) is 0 Å². The summed E-state index contributed by atoms with van der Waals surface area (Å²) in [6, 6.07) is 4.73.